The fraction of sp³-hybridized carbons (Fsp3) is 0.240. The molecule has 3 nitrogen and oxygen atoms in total. The quantitative estimate of drug-likeness (QED) is 0.384. The number of rotatable bonds is 7. The summed E-state index contributed by atoms with van der Waals surface area (Å²) in [6, 6.07) is 18.2. The summed E-state index contributed by atoms with van der Waals surface area (Å²) in [5.41, 5.74) is 1.57. The number of alkyl halides is 3. The number of thioether (sulfide) groups is 1. The van der Waals surface area contributed by atoms with Crippen LogP contribution < -0.4 is 4.74 Å². The van der Waals surface area contributed by atoms with Crippen molar-refractivity contribution in [2.24, 2.45) is 0 Å². The minimum atomic E-state index is -4.34. The number of carboxylic acid groups (broad SMARTS) is 1. The van der Waals surface area contributed by atoms with Crippen LogP contribution in [0.5, 0.6) is 5.75 Å². The van der Waals surface area contributed by atoms with Gasteiger partial charge in [0.25, 0.3) is 0 Å². The van der Waals surface area contributed by atoms with Gasteiger partial charge in [0.1, 0.15) is 5.75 Å². The molecular formula is C25H23F3O3S. The van der Waals surface area contributed by atoms with E-state index >= 15 is 0 Å². The molecular weight excluding hydrogens is 437 g/mol. The fourth-order valence-corrected chi connectivity index (χ4v) is 4.07. The molecule has 7 heteroatoms. The van der Waals surface area contributed by atoms with Crippen molar-refractivity contribution in [3.05, 3.63) is 83.4 Å². The van der Waals surface area contributed by atoms with Gasteiger partial charge in [-0.2, -0.15) is 13.2 Å². The first kappa shape index (κ1) is 23.7. The number of carboxylic acids is 1. The Morgan fingerprint density at radius 1 is 0.906 bits per heavy atom. The van der Waals surface area contributed by atoms with Gasteiger partial charge in [0, 0.05) is 10.6 Å². The number of methoxy groups -OCH3 is 1. The molecule has 0 aromatic heterocycles. The Balaban J connectivity index is 1.71. The Morgan fingerprint density at radius 3 is 1.94 bits per heavy atom. The van der Waals surface area contributed by atoms with Crippen LogP contribution in [0.15, 0.2) is 71.6 Å². The van der Waals surface area contributed by atoms with E-state index in [4.69, 9.17) is 4.74 Å². The van der Waals surface area contributed by atoms with E-state index in [-0.39, 0.29) is 0 Å². The standard InChI is InChI=1S/C25H23F3O3S/c1-24(2,23(29)30)20-12-13-22(21(14-20)31-3)32-15-16-4-6-17(7-5-16)18-8-10-19(11-9-18)25(26,27)28/h4-14H,15H2,1-3H3,(H,29,30). The van der Waals surface area contributed by atoms with E-state index in [0.717, 1.165) is 33.7 Å². The van der Waals surface area contributed by atoms with Crippen LogP contribution >= 0.6 is 11.8 Å². The third-order valence-corrected chi connectivity index (χ3v) is 6.44. The molecule has 0 aliphatic heterocycles. The first-order valence-electron chi connectivity index (χ1n) is 9.83. The fourth-order valence-electron chi connectivity index (χ4n) is 3.11. The van der Waals surface area contributed by atoms with E-state index in [2.05, 4.69) is 0 Å². The maximum absolute atomic E-state index is 12.7. The lowest BCUT2D eigenvalue weighted by Gasteiger charge is -2.21. The second-order valence-corrected chi connectivity index (χ2v) is 8.87. The molecule has 0 aliphatic rings. The van der Waals surface area contributed by atoms with E-state index in [1.54, 1.807) is 44.9 Å². The Bertz CT molecular complexity index is 1090. The molecule has 0 radical (unpaired) electrons. The average molecular weight is 461 g/mol. The molecule has 0 heterocycles. The molecule has 0 saturated heterocycles. The highest BCUT2D eigenvalue weighted by atomic mass is 32.2. The molecule has 0 spiro atoms. The number of aliphatic carboxylic acids is 1. The normalized spacial score (nSPS) is 11.9. The molecule has 0 unspecified atom stereocenters. The van der Waals surface area contributed by atoms with Crippen molar-refractivity contribution < 1.29 is 27.8 Å². The lowest BCUT2D eigenvalue weighted by atomic mass is 9.85. The largest absolute Gasteiger partial charge is 0.496 e. The zero-order valence-electron chi connectivity index (χ0n) is 17.9. The summed E-state index contributed by atoms with van der Waals surface area (Å²) in [6.07, 6.45) is -4.34. The highest BCUT2D eigenvalue weighted by Crippen LogP contribution is 2.36. The predicted octanol–water partition coefficient (Wildman–Crippen LogP) is 7.04. The van der Waals surface area contributed by atoms with Gasteiger partial charge in [-0.3, -0.25) is 4.79 Å². The van der Waals surface area contributed by atoms with Crippen LogP contribution in [0.4, 0.5) is 13.2 Å². The Labute approximate surface area is 189 Å². The maximum Gasteiger partial charge on any atom is 0.416 e. The van der Waals surface area contributed by atoms with Gasteiger partial charge in [-0.1, -0.05) is 42.5 Å². The number of benzene rings is 3. The van der Waals surface area contributed by atoms with E-state index < -0.39 is 23.1 Å². The van der Waals surface area contributed by atoms with Crippen molar-refractivity contribution in [1.82, 2.24) is 0 Å². The molecule has 0 amide bonds. The maximum atomic E-state index is 12.7. The van der Waals surface area contributed by atoms with Crippen molar-refractivity contribution in [3.8, 4) is 16.9 Å². The summed E-state index contributed by atoms with van der Waals surface area (Å²) in [5.74, 6) is 0.363. The molecule has 168 valence electrons. The summed E-state index contributed by atoms with van der Waals surface area (Å²) in [7, 11) is 1.55. The van der Waals surface area contributed by atoms with Crippen molar-refractivity contribution in [3.63, 3.8) is 0 Å². The second-order valence-electron chi connectivity index (χ2n) is 7.86. The molecule has 0 atom stereocenters. The summed E-state index contributed by atoms with van der Waals surface area (Å²) < 4.78 is 43.7. The Kier molecular flexibility index (Phi) is 6.88. The van der Waals surface area contributed by atoms with Gasteiger partial charge in [-0.25, -0.2) is 0 Å². The number of carbonyl (C=O) groups is 1. The van der Waals surface area contributed by atoms with Crippen LogP contribution in [0.3, 0.4) is 0 Å². The van der Waals surface area contributed by atoms with Gasteiger partial charge in [0.15, 0.2) is 0 Å². The lowest BCUT2D eigenvalue weighted by Crippen LogP contribution is -2.28. The zero-order valence-corrected chi connectivity index (χ0v) is 18.7. The van der Waals surface area contributed by atoms with Gasteiger partial charge in [0.2, 0.25) is 0 Å². The highest BCUT2D eigenvalue weighted by molar-refractivity contribution is 7.98. The summed E-state index contributed by atoms with van der Waals surface area (Å²) in [5, 5.41) is 9.44. The molecule has 0 fully saturated rings. The van der Waals surface area contributed by atoms with Crippen molar-refractivity contribution in [2.45, 2.75) is 36.1 Å². The van der Waals surface area contributed by atoms with Gasteiger partial charge in [0.05, 0.1) is 18.1 Å². The summed E-state index contributed by atoms with van der Waals surface area (Å²) in [6.45, 7) is 3.30. The lowest BCUT2D eigenvalue weighted by molar-refractivity contribution is -0.142. The van der Waals surface area contributed by atoms with Gasteiger partial charge < -0.3 is 9.84 Å². The average Bonchev–Trinajstić information content (AvgIpc) is 2.77. The predicted molar refractivity (Wildman–Crippen MR) is 120 cm³/mol. The first-order chi connectivity index (χ1) is 15.0. The van der Waals surface area contributed by atoms with E-state index in [1.165, 1.54) is 12.1 Å². The number of hydrogen-bond donors (Lipinski definition) is 1. The van der Waals surface area contributed by atoms with Crippen LogP contribution in [0.25, 0.3) is 11.1 Å². The highest BCUT2D eigenvalue weighted by Gasteiger charge is 2.31. The second kappa shape index (κ2) is 9.28. The zero-order chi connectivity index (χ0) is 23.5. The topological polar surface area (TPSA) is 46.5 Å². The van der Waals surface area contributed by atoms with Crippen LogP contribution in [0.1, 0.15) is 30.5 Å². The SMILES string of the molecule is COc1cc(C(C)(C)C(=O)O)ccc1SCc1ccc(-c2ccc(C(F)(F)F)cc2)cc1. The van der Waals surface area contributed by atoms with Crippen LogP contribution in [0, 0.1) is 0 Å². The van der Waals surface area contributed by atoms with E-state index in [9.17, 15) is 23.1 Å². The molecule has 1 N–H and O–H groups in total. The smallest absolute Gasteiger partial charge is 0.416 e. The molecule has 3 aromatic carbocycles. The minimum Gasteiger partial charge on any atom is -0.496 e. The monoisotopic (exact) mass is 460 g/mol. The van der Waals surface area contributed by atoms with Crippen molar-refractivity contribution >= 4 is 17.7 Å². The van der Waals surface area contributed by atoms with Crippen molar-refractivity contribution in [1.29, 1.82) is 0 Å². The molecule has 0 bridgehead atoms. The molecule has 3 rings (SSSR count). The van der Waals surface area contributed by atoms with Crippen LogP contribution in [-0.4, -0.2) is 18.2 Å². The first-order valence-corrected chi connectivity index (χ1v) is 10.8. The van der Waals surface area contributed by atoms with Gasteiger partial charge >= 0.3 is 12.1 Å². The van der Waals surface area contributed by atoms with Gasteiger partial charge in [-0.15, -0.1) is 11.8 Å². The molecule has 32 heavy (non-hydrogen) atoms. The number of halogens is 3. The Morgan fingerprint density at radius 2 is 1.44 bits per heavy atom. The van der Waals surface area contributed by atoms with Crippen molar-refractivity contribution in [2.75, 3.05) is 7.11 Å². The van der Waals surface area contributed by atoms with Crippen LogP contribution in [0.2, 0.25) is 0 Å². The number of hydrogen-bond acceptors (Lipinski definition) is 3. The molecule has 0 saturated carbocycles. The van der Waals surface area contributed by atoms with Gasteiger partial charge in [-0.05, 0) is 60.4 Å². The third-order valence-electron chi connectivity index (χ3n) is 5.31. The summed E-state index contributed by atoms with van der Waals surface area (Å²) >= 11 is 1.56. The minimum absolute atomic E-state index is 0.614. The summed E-state index contributed by atoms with van der Waals surface area (Å²) in [4.78, 5) is 12.4. The van der Waals surface area contributed by atoms with Crippen LogP contribution in [-0.2, 0) is 22.1 Å². The van der Waals surface area contributed by atoms with E-state index in [1.807, 2.05) is 30.3 Å². The third kappa shape index (κ3) is 5.27. The number of ether oxygens (including phenoxy) is 1. The molecule has 3 aromatic rings. The molecule has 0 aliphatic carbocycles. The van der Waals surface area contributed by atoms with E-state index in [0.29, 0.717) is 17.1 Å². The Hall–Kier alpha value is -2.93.